The molecule has 1 saturated carbocycles. The number of allylic oxidation sites excluding steroid dienone is 1. The first-order valence-electron chi connectivity index (χ1n) is 6.52. The van der Waals surface area contributed by atoms with Crippen molar-refractivity contribution in [3.8, 4) is 0 Å². The van der Waals surface area contributed by atoms with Crippen LogP contribution in [0, 0.1) is 5.92 Å². The Morgan fingerprint density at radius 1 is 1.50 bits per heavy atom. The first-order valence-corrected chi connectivity index (χ1v) is 6.52. The summed E-state index contributed by atoms with van der Waals surface area (Å²) in [5.41, 5.74) is 4.02. The van der Waals surface area contributed by atoms with Gasteiger partial charge in [-0.3, -0.25) is 4.99 Å². The second-order valence-electron chi connectivity index (χ2n) is 6.13. The SMILES string of the molecule is CC(C)(O)C(C)(C)O[B]C(C=NCC1CC1(F)F)=CN. The quantitative estimate of drug-likeness (QED) is 0.553. The zero-order chi connectivity index (χ0) is 15.6. The fraction of sp³-hybridized carbons (Fsp3) is 0.769. The number of halogens is 2. The summed E-state index contributed by atoms with van der Waals surface area (Å²) in [6, 6.07) is 0. The maximum Gasteiger partial charge on any atom is 0.333 e. The average molecular weight is 287 g/mol. The van der Waals surface area contributed by atoms with Crippen LogP contribution in [-0.4, -0.2) is 42.5 Å². The van der Waals surface area contributed by atoms with E-state index in [4.69, 9.17) is 10.4 Å². The monoisotopic (exact) mass is 287 g/mol. The van der Waals surface area contributed by atoms with Crippen LogP contribution in [0.4, 0.5) is 8.78 Å². The van der Waals surface area contributed by atoms with E-state index < -0.39 is 23.0 Å². The molecule has 0 aromatic rings. The van der Waals surface area contributed by atoms with Crippen molar-refractivity contribution in [1.82, 2.24) is 0 Å². The second kappa shape index (κ2) is 5.81. The summed E-state index contributed by atoms with van der Waals surface area (Å²) in [5.74, 6) is -3.22. The minimum Gasteiger partial charge on any atom is -0.427 e. The largest absolute Gasteiger partial charge is 0.427 e. The summed E-state index contributed by atoms with van der Waals surface area (Å²) in [7, 11) is 1.37. The highest BCUT2D eigenvalue weighted by atomic mass is 19.3. The third-order valence-corrected chi connectivity index (χ3v) is 3.68. The normalized spacial score (nSPS) is 23.1. The van der Waals surface area contributed by atoms with Crippen molar-refractivity contribution in [3.63, 3.8) is 0 Å². The highest BCUT2D eigenvalue weighted by Crippen LogP contribution is 2.48. The lowest BCUT2D eigenvalue weighted by atomic mass is 9.83. The number of hydrogen-bond donors (Lipinski definition) is 2. The third kappa shape index (κ3) is 4.56. The molecule has 0 saturated heterocycles. The summed E-state index contributed by atoms with van der Waals surface area (Å²) < 4.78 is 30.8. The highest BCUT2D eigenvalue weighted by Gasteiger charge is 2.56. The van der Waals surface area contributed by atoms with Crippen LogP contribution >= 0.6 is 0 Å². The Bertz CT molecular complexity index is 404. The van der Waals surface area contributed by atoms with Gasteiger partial charge in [0.1, 0.15) is 0 Å². The van der Waals surface area contributed by atoms with Gasteiger partial charge in [0.25, 0.3) is 5.92 Å². The van der Waals surface area contributed by atoms with E-state index in [1.165, 1.54) is 19.9 Å². The van der Waals surface area contributed by atoms with Gasteiger partial charge in [-0.2, -0.15) is 0 Å². The minimum absolute atomic E-state index is 0.0765. The number of rotatable bonds is 7. The standard InChI is InChI=1S/C13H22BF2N2O2/c1-11(2,19)12(3,4)20-14-10(6-17)8-18-7-9-5-13(9,15)16/h6,8-9,19H,5,7,17H2,1-4H3. The van der Waals surface area contributed by atoms with Crippen molar-refractivity contribution in [2.45, 2.75) is 51.2 Å². The molecule has 1 rings (SSSR count). The molecule has 113 valence electrons. The first-order chi connectivity index (χ1) is 8.99. The molecule has 0 aromatic heterocycles. The van der Waals surface area contributed by atoms with Gasteiger partial charge in [0.15, 0.2) is 0 Å². The molecular weight excluding hydrogens is 265 g/mol. The molecule has 20 heavy (non-hydrogen) atoms. The van der Waals surface area contributed by atoms with E-state index in [-0.39, 0.29) is 13.0 Å². The maximum atomic E-state index is 12.7. The van der Waals surface area contributed by atoms with E-state index in [2.05, 4.69) is 4.99 Å². The first kappa shape index (κ1) is 17.1. The van der Waals surface area contributed by atoms with E-state index >= 15 is 0 Å². The van der Waals surface area contributed by atoms with Crippen molar-refractivity contribution in [1.29, 1.82) is 0 Å². The second-order valence-corrected chi connectivity index (χ2v) is 6.13. The summed E-state index contributed by atoms with van der Waals surface area (Å²) in [6.07, 6.45) is 2.57. The molecule has 7 heteroatoms. The fourth-order valence-corrected chi connectivity index (χ4v) is 1.23. The summed E-state index contributed by atoms with van der Waals surface area (Å²) in [4.78, 5) is 3.94. The molecule has 1 radical (unpaired) electrons. The van der Waals surface area contributed by atoms with Crippen molar-refractivity contribution in [3.05, 3.63) is 11.7 Å². The van der Waals surface area contributed by atoms with E-state index in [0.29, 0.717) is 5.47 Å². The predicted octanol–water partition coefficient (Wildman–Crippen LogP) is 1.70. The Morgan fingerprint density at radius 2 is 2.05 bits per heavy atom. The Morgan fingerprint density at radius 3 is 2.45 bits per heavy atom. The Hall–Kier alpha value is -0.945. The van der Waals surface area contributed by atoms with Crippen LogP contribution in [0.3, 0.4) is 0 Å². The van der Waals surface area contributed by atoms with E-state index in [1.807, 2.05) is 0 Å². The fourth-order valence-electron chi connectivity index (χ4n) is 1.23. The van der Waals surface area contributed by atoms with Crippen molar-refractivity contribution < 1.29 is 18.5 Å². The number of alkyl halides is 2. The van der Waals surface area contributed by atoms with Crippen LogP contribution in [0.25, 0.3) is 0 Å². The summed E-state index contributed by atoms with van der Waals surface area (Å²) >= 11 is 0. The molecule has 1 fully saturated rings. The Balaban J connectivity index is 2.43. The van der Waals surface area contributed by atoms with Crippen LogP contribution in [0.1, 0.15) is 34.1 Å². The lowest BCUT2D eigenvalue weighted by molar-refractivity contribution is -0.0895. The van der Waals surface area contributed by atoms with Crippen LogP contribution in [0.5, 0.6) is 0 Å². The van der Waals surface area contributed by atoms with E-state index in [0.717, 1.165) is 0 Å². The molecule has 0 aromatic carbocycles. The van der Waals surface area contributed by atoms with Crippen LogP contribution in [0.15, 0.2) is 16.7 Å². The van der Waals surface area contributed by atoms with Crippen molar-refractivity contribution >= 4 is 13.7 Å². The highest BCUT2D eigenvalue weighted by molar-refractivity contribution is 6.46. The zero-order valence-corrected chi connectivity index (χ0v) is 12.4. The van der Waals surface area contributed by atoms with Gasteiger partial charge >= 0.3 is 7.48 Å². The van der Waals surface area contributed by atoms with Gasteiger partial charge in [-0.05, 0) is 39.4 Å². The topological polar surface area (TPSA) is 67.8 Å². The molecule has 1 atom stereocenters. The lowest BCUT2D eigenvalue weighted by Gasteiger charge is -2.37. The number of nitrogens with two attached hydrogens (primary N) is 1. The zero-order valence-electron chi connectivity index (χ0n) is 12.4. The third-order valence-electron chi connectivity index (χ3n) is 3.68. The van der Waals surface area contributed by atoms with Gasteiger partial charge in [-0.25, -0.2) is 8.78 Å². The van der Waals surface area contributed by atoms with Gasteiger partial charge in [-0.1, -0.05) is 0 Å². The smallest absolute Gasteiger partial charge is 0.333 e. The van der Waals surface area contributed by atoms with Crippen LogP contribution in [-0.2, 0) is 4.65 Å². The number of aliphatic imine (C=N–C) groups is 1. The van der Waals surface area contributed by atoms with Crippen LogP contribution in [0.2, 0.25) is 0 Å². The molecule has 0 amide bonds. The van der Waals surface area contributed by atoms with Crippen molar-refractivity contribution in [2.24, 2.45) is 16.6 Å². The molecule has 1 aliphatic carbocycles. The minimum atomic E-state index is -2.56. The molecule has 1 aliphatic rings. The van der Waals surface area contributed by atoms with Gasteiger partial charge < -0.3 is 15.5 Å². The molecule has 1 unspecified atom stereocenters. The lowest BCUT2D eigenvalue weighted by Crippen LogP contribution is -2.48. The predicted molar refractivity (Wildman–Crippen MR) is 75.9 cm³/mol. The summed E-state index contributed by atoms with van der Waals surface area (Å²) in [6.45, 7) is 6.82. The number of hydrogen-bond acceptors (Lipinski definition) is 4. The van der Waals surface area contributed by atoms with Crippen LogP contribution < -0.4 is 5.73 Å². The number of nitrogens with zero attached hydrogens (tertiary/aromatic N) is 1. The Labute approximate surface area is 119 Å². The van der Waals surface area contributed by atoms with Gasteiger partial charge in [0, 0.05) is 25.1 Å². The molecule has 3 N–H and O–H groups in total. The maximum absolute atomic E-state index is 12.7. The van der Waals surface area contributed by atoms with Gasteiger partial charge in [-0.15, -0.1) is 0 Å². The number of aliphatic hydroxyl groups is 1. The molecule has 4 nitrogen and oxygen atoms in total. The molecular formula is C13H22BF2N2O2. The van der Waals surface area contributed by atoms with Gasteiger partial charge in [0.2, 0.25) is 0 Å². The molecule has 0 spiro atoms. The van der Waals surface area contributed by atoms with Crippen molar-refractivity contribution in [2.75, 3.05) is 6.54 Å². The average Bonchev–Trinajstić information content (AvgIpc) is 2.89. The summed E-state index contributed by atoms with van der Waals surface area (Å²) in [5, 5.41) is 9.93. The molecule has 0 bridgehead atoms. The molecule has 0 heterocycles. The van der Waals surface area contributed by atoms with E-state index in [1.54, 1.807) is 27.7 Å². The van der Waals surface area contributed by atoms with Gasteiger partial charge in [0.05, 0.1) is 11.2 Å². The Kier molecular flexibility index (Phi) is 4.97. The molecule has 0 aliphatic heterocycles. The van der Waals surface area contributed by atoms with E-state index in [9.17, 15) is 13.9 Å².